The van der Waals surface area contributed by atoms with Gasteiger partial charge in [-0.05, 0) is 38.2 Å². The van der Waals surface area contributed by atoms with Gasteiger partial charge in [0.25, 0.3) is 0 Å². The number of aryl methyl sites for hydroxylation is 2. The van der Waals surface area contributed by atoms with Gasteiger partial charge in [-0.25, -0.2) is 19.1 Å². The lowest BCUT2D eigenvalue weighted by atomic mass is 10.2. The van der Waals surface area contributed by atoms with Gasteiger partial charge in [-0.15, -0.1) is 12.4 Å². The minimum atomic E-state index is -4.95. The normalized spacial score (nSPS) is 14.5. The molecule has 14 heteroatoms. The van der Waals surface area contributed by atoms with Gasteiger partial charge in [0.2, 0.25) is 6.41 Å². The lowest BCUT2D eigenvalue weighted by Crippen LogP contribution is -2.46. The number of pyridine rings is 1. The largest absolute Gasteiger partial charge is 0.419 e. The fraction of sp³-hybridized carbons (Fsp3) is 0.364. The summed E-state index contributed by atoms with van der Waals surface area (Å²) in [4.78, 5) is 34.6. The van der Waals surface area contributed by atoms with E-state index in [0.717, 1.165) is 24.1 Å². The molecule has 1 aromatic carbocycles. The number of nitrogens with zero attached hydrogens (tertiary/aromatic N) is 6. The maximum atomic E-state index is 13.6. The van der Waals surface area contributed by atoms with Crippen molar-refractivity contribution in [3.05, 3.63) is 41.3 Å². The lowest BCUT2D eigenvalue weighted by Gasteiger charge is -2.35. The number of likely N-dealkylation sites (N-methyl/N-ethyl adjacent to an activating group) is 1. The zero-order chi connectivity index (χ0) is 25.5. The third-order valence-electron chi connectivity index (χ3n) is 5.87. The van der Waals surface area contributed by atoms with E-state index in [1.165, 1.54) is 0 Å². The second kappa shape index (κ2) is 10.3. The summed E-state index contributed by atoms with van der Waals surface area (Å²) in [5.74, 6) is -1.10. The molecule has 1 aliphatic rings. The van der Waals surface area contributed by atoms with Crippen LogP contribution in [-0.2, 0) is 18.0 Å². The van der Waals surface area contributed by atoms with E-state index in [1.54, 1.807) is 24.7 Å². The van der Waals surface area contributed by atoms with E-state index in [0.29, 0.717) is 47.8 Å². The van der Waals surface area contributed by atoms with Crippen molar-refractivity contribution in [2.45, 2.75) is 13.1 Å². The number of nitrogens with one attached hydrogen (secondary N) is 1. The Morgan fingerprint density at radius 3 is 2.42 bits per heavy atom. The summed E-state index contributed by atoms with van der Waals surface area (Å²) >= 11 is 0. The average molecular weight is 530 g/mol. The molecule has 0 bridgehead atoms. The van der Waals surface area contributed by atoms with Crippen molar-refractivity contribution in [3.63, 3.8) is 0 Å². The maximum Gasteiger partial charge on any atom is 0.419 e. The highest BCUT2D eigenvalue weighted by molar-refractivity contribution is 6.14. The predicted octanol–water partition coefficient (Wildman–Crippen LogP) is 3.80. The minimum absolute atomic E-state index is 0. The number of urea groups is 1. The molecule has 4 rings (SSSR count). The second-order valence-corrected chi connectivity index (χ2v) is 8.30. The number of fused-ring (bicyclic) bond motifs is 1. The van der Waals surface area contributed by atoms with Gasteiger partial charge in [0.05, 0.1) is 16.9 Å². The Morgan fingerprint density at radius 2 is 1.81 bits per heavy atom. The van der Waals surface area contributed by atoms with Crippen LogP contribution in [0.15, 0.2) is 24.3 Å². The summed E-state index contributed by atoms with van der Waals surface area (Å²) < 4.78 is 54.5. The van der Waals surface area contributed by atoms with E-state index in [9.17, 15) is 27.2 Å². The van der Waals surface area contributed by atoms with Crippen LogP contribution >= 0.6 is 12.4 Å². The highest BCUT2D eigenvalue weighted by atomic mass is 35.5. The van der Waals surface area contributed by atoms with Crippen molar-refractivity contribution in [1.82, 2.24) is 19.7 Å². The first kappa shape index (κ1) is 27.1. The molecule has 0 saturated carbocycles. The molecule has 3 heterocycles. The van der Waals surface area contributed by atoms with Crippen LogP contribution in [0.3, 0.4) is 0 Å². The molecule has 0 aliphatic carbocycles. The highest BCUT2D eigenvalue weighted by Crippen LogP contribution is 2.35. The number of alkyl halides is 3. The Kier molecular flexibility index (Phi) is 7.74. The number of halogens is 5. The predicted molar refractivity (Wildman–Crippen MR) is 129 cm³/mol. The van der Waals surface area contributed by atoms with Crippen molar-refractivity contribution in [1.29, 1.82) is 0 Å². The van der Waals surface area contributed by atoms with E-state index in [1.807, 2.05) is 11.9 Å². The van der Waals surface area contributed by atoms with Crippen LogP contribution in [0.25, 0.3) is 11.0 Å². The van der Waals surface area contributed by atoms with Gasteiger partial charge in [0.15, 0.2) is 11.5 Å². The molecule has 36 heavy (non-hydrogen) atoms. The Labute approximate surface area is 210 Å². The Hall–Kier alpha value is -3.45. The van der Waals surface area contributed by atoms with E-state index >= 15 is 0 Å². The molecule has 1 fully saturated rings. The molecular formula is C22H24ClF4N7O2. The molecule has 3 aromatic rings. The van der Waals surface area contributed by atoms with E-state index in [2.05, 4.69) is 20.3 Å². The van der Waals surface area contributed by atoms with Crippen molar-refractivity contribution in [3.8, 4) is 0 Å². The Morgan fingerprint density at radius 1 is 1.14 bits per heavy atom. The molecule has 2 aromatic heterocycles. The first-order valence-electron chi connectivity index (χ1n) is 10.7. The Balaban J connectivity index is 0.00000361. The van der Waals surface area contributed by atoms with Crippen molar-refractivity contribution < 1.29 is 27.2 Å². The molecule has 1 saturated heterocycles. The van der Waals surface area contributed by atoms with Crippen LogP contribution in [0, 0.1) is 12.7 Å². The summed E-state index contributed by atoms with van der Waals surface area (Å²) in [5, 5.41) is 7.21. The summed E-state index contributed by atoms with van der Waals surface area (Å²) in [6.45, 7) is 4.38. The number of hydrogen-bond donors (Lipinski definition) is 1. The number of aromatic nitrogens is 3. The van der Waals surface area contributed by atoms with Gasteiger partial charge < -0.3 is 15.1 Å². The van der Waals surface area contributed by atoms with Crippen LogP contribution in [-0.4, -0.2) is 65.3 Å². The summed E-state index contributed by atoms with van der Waals surface area (Å²) in [6, 6.07) is 2.66. The molecule has 1 N–H and O–H groups in total. The number of anilines is 3. The smallest absolute Gasteiger partial charge is 0.352 e. The number of carbonyl (C=O) groups excluding carboxylic acids is 2. The lowest BCUT2D eigenvalue weighted by molar-refractivity contribution is -0.139. The zero-order valence-corrected chi connectivity index (χ0v) is 20.5. The zero-order valence-electron chi connectivity index (χ0n) is 19.6. The molecule has 9 nitrogen and oxygen atoms in total. The molecule has 194 valence electrons. The molecule has 0 atom stereocenters. The van der Waals surface area contributed by atoms with Crippen LogP contribution in [0.5, 0.6) is 0 Å². The van der Waals surface area contributed by atoms with Crippen LogP contribution in [0.2, 0.25) is 0 Å². The summed E-state index contributed by atoms with van der Waals surface area (Å²) in [6.07, 6.45) is -4.69. The number of amides is 3. The maximum absolute atomic E-state index is 13.6. The van der Waals surface area contributed by atoms with Crippen LogP contribution in [0.1, 0.15) is 11.3 Å². The summed E-state index contributed by atoms with van der Waals surface area (Å²) in [5.41, 5.74) is -0.507. The first-order chi connectivity index (χ1) is 16.5. The number of carbonyl (C=O) groups is 2. The van der Waals surface area contributed by atoms with Gasteiger partial charge in [-0.3, -0.25) is 9.48 Å². The quantitative estimate of drug-likeness (QED) is 0.409. The molecule has 3 amide bonds. The summed E-state index contributed by atoms with van der Waals surface area (Å²) in [7, 11) is 3.70. The number of piperazine rings is 1. The van der Waals surface area contributed by atoms with E-state index in [-0.39, 0.29) is 30.2 Å². The molecule has 0 unspecified atom stereocenters. The SMILES string of the molecule is Cc1nn(C)c2nc(N3CCN(C)CC3)c(N(C=O)C(=O)Nc3ccc(F)c(C(F)(F)F)c3)cc12.Cl. The number of imide groups is 1. The molecule has 1 aliphatic heterocycles. The standard InChI is InChI=1S/C22H23F4N7O2.ClH/c1-13-15-11-18(20(28-19(15)31(3)29-13)32-8-6-30(2)7-9-32)33(12-34)21(35)27-14-4-5-17(23)16(10-14)22(24,25)26;/h4-5,10-12H,6-9H2,1-3H3,(H,27,35);1H. The van der Waals surface area contributed by atoms with Gasteiger partial charge in [0.1, 0.15) is 5.82 Å². The van der Waals surface area contributed by atoms with Gasteiger partial charge in [-0.2, -0.15) is 18.3 Å². The average Bonchev–Trinajstić information content (AvgIpc) is 3.07. The monoisotopic (exact) mass is 529 g/mol. The Bertz CT molecular complexity index is 1290. The number of hydrogen-bond acceptors (Lipinski definition) is 6. The minimum Gasteiger partial charge on any atom is -0.352 e. The van der Waals surface area contributed by atoms with Crippen molar-refractivity contribution >= 4 is 53.1 Å². The van der Waals surface area contributed by atoms with Crippen LogP contribution in [0.4, 0.5) is 39.5 Å². The highest BCUT2D eigenvalue weighted by Gasteiger charge is 2.34. The van der Waals surface area contributed by atoms with Gasteiger partial charge in [0, 0.05) is 44.3 Å². The van der Waals surface area contributed by atoms with Crippen LogP contribution < -0.4 is 15.1 Å². The fourth-order valence-electron chi connectivity index (χ4n) is 3.97. The third kappa shape index (κ3) is 5.21. The first-order valence-corrected chi connectivity index (χ1v) is 10.7. The van der Waals surface area contributed by atoms with E-state index < -0.39 is 23.6 Å². The third-order valence-corrected chi connectivity index (χ3v) is 5.87. The topological polar surface area (TPSA) is 86.6 Å². The fourth-order valence-corrected chi connectivity index (χ4v) is 3.97. The molecule has 0 radical (unpaired) electrons. The number of rotatable bonds is 4. The molecule has 0 spiro atoms. The van der Waals surface area contributed by atoms with Crippen molar-refractivity contribution in [2.24, 2.45) is 7.05 Å². The second-order valence-electron chi connectivity index (χ2n) is 8.30. The van der Waals surface area contributed by atoms with Gasteiger partial charge in [-0.1, -0.05) is 0 Å². The molecular weight excluding hydrogens is 506 g/mol. The van der Waals surface area contributed by atoms with E-state index in [4.69, 9.17) is 0 Å². The van der Waals surface area contributed by atoms with Gasteiger partial charge >= 0.3 is 12.2 Å². The van der Waals surface area contributed by atoms with Crippen molar-refractivity contribution in [2.75, 3.05) is 48.3 Å². The number of benzene rings is 1.